The Bertz CT molecular complexity index is 661. The average molecular weight is 418 g/mol. The fraction of sp³-hybridized carbons (Fsp3) is 0.647. The van der Waals surface area contributed by atoms with Gasteiger partial charge in [0.1, 0.15) is 5.75 Å². The lowest BCUT2D eigenvalue weighted by Crippen LogP contribution is -2.24. The van der Waals surface area contributed by atoms with E-state index in [0.717, 1.165) is 12.1 Å². The lowest BCUT2D eigenvalue weighted by Gasteiger charge is -2.26. The van der Waals surface area contributed by atoms with Crippen LogP contribution in [0.5, 0.6) is 5.75 Å². The fourth-order valence-electron chi connectivity index (χ4n) is 2.29. The number of hydrogen-bond acceptors (Lipinski definition) is 5. The summed E-state index contributed by atoms with van der Waals surface area (Å²) in [6.07, 6.45) is 1.05. The van der Waals surface area contributed by atoms with Gasteiger partial charge in [0.25, 0.3) is 5.69 Å². The zero-order valence-corrected chi connectivity index (χ0v) is 19.6. The molecule has 0 aliphatic rings. The average Bonchev–Trinajstić information content (AvgIpc) is 2.50. The van der Waals surface area contributed by atoms with Crippen LogP contribution >= 0.6 is 7.37 Å². The number of benzene rings is 1. The van der Waals surface area contributed by atoms with E-state index in [4.69, 9.17) is 4.52 Å². The molecular formula is C17H32NO5PSi2. The lowest BCUT2D eigenvalue weighted by atomic mass is 10.2. The molecule has 0 unspecified atom stereocenters. The number of hydrogen-bond donors (Lipinski definition) is 1. The number of nitrogens with zero attached hydrogens (tertiary/aromatic N) is 1. The minimum Gasteiger partial charge on any atom is -0.442 e. The van der Waals surface area contributed by atoms with Gasteiger partial charge in [-0.25, -0.2) is 0 Å². The van der Waals surface area contributed by atoms with E-state index in [-0.39, 0.29) is 12.3 Å². The Morgan fingerprint density at radius 2 is 1.58 bits per heavy atom. The number of nitro groups is 1. The smallest absolute Gasteiger partial charge is 0.270 e. The maximum Gasteiger partial charge on any atom is 0.270 e. The Hall–Kier alpha value is -0.956. The summed E-state index contributed by atoms with van der Waals surface area (Å²) in [6, 6.07) is 5.88. The molecule has 1 aromatic rings. The Balaban J connectivity index is 3.11. The van der Waals surface area contributed by atoms with Crippen molar-refractivity contribution in [3.63, 3.8) is 0 Å². The largest absolute Gasteiger partial charge is 0.442 e. The van der Waals surface area contributed by atoms with Crippen LogP contribution in [0.2, 0.25) is 51.4 Å². The van der Waals surface area contributed by atoms with Crippen molar-refractivity contribution in [3.05, 3.63) is 33.9 Å². The predicted octanol–water partition coefficient (Wildman–Crippen LogP) is 5.42. The number of non-ortho nitro benzene ring substituents is 1. The molecule has 1 N–H and O–H groups in total. The van der Waals surface area contributed by atoms with Gasteiger partial charge >= 0.3 is 0 Å². The van der Waals surface area contributed by atoms with Crippen molar-refractivity contribution in [1.82, 2.24) is 0 Å². The third-order valence-electron chi connectivity index (χ3n) is 4.09. The highest BCUT2D eigenvalue weighted by molar-refractivity contribution is 7.59. The third kappa shape index (κ3) is 8.16. The summed E-state index contributed by atoms with van der Waals surface area (Å²) in [5, 5.41) is 20.5. The summed E-state index contributed by atoms with van der Waals surface area (Å²) in [5.74, 6) is 0.299. The van der Waals surface area contributed by atoms with Gasteiger partial charge in [-0.15, -0.1) is 0 Å². The summed E-state index contributed by atoms with van der Waals surface area (Å²) in [6.45, 7) is 13.0. The molecule has 0 bridgehead atoms. The molecule has 1 rings (SSSR count). The molecule has 9 heteroatoms. The highest BCUT2D eigenvalue weighted by Gasteiger charge is 2.31. The van der Waals surface area contributed by atoms with Crippen LogP contribution in [0, 0.1) is 10.1 Å². The Morgan fingerprint density at radius 3 is 1.96 bits per heavy atom. The van der Waals surface area contributed by atoms with Crippen LogP contribution in [0.3, 0.4) is 0 Å². The molecule has 0 saturated carbocycles. The molecule has 1 aromatic carbocycles. The van der Waals surface area contributed by atoms with Crippen molar-refractivity contribution in [2.24, 2.45) is 0 Å². The van der Waals surface area contributed by atoms with E-state index in [0.29, 0.717) is 23.6 Å². The van der Waals surface area contributed by atoms with E-state index in [2.05, 4.69) is 39.3 Å². The highest BCUT2D eigenvalue weighted by atomic mass is 31.2. The molecular weight excluding hydrogens is 385 g/mol. The molecule has 0 atom stereocenters. The van der Waals surface area contributed by atoms with Gasteiger partial charge in [-0.2, -0.15) is 0 Å². The van der Waals surface area contributed by atoms with E-state index >= 15 is 0 Å². The van der Waals surface area contributed by atoms with Crippen LogP contribution < -0.4 is 4.52 Å². The SMILES string of the molecule is C[Si](C)(C)CCP(=O)(CC[Si](C)(C)C)Oc1ccc([N+](=O)[O-])cc1CO. The molecule has 0 aliphatic heterocycles. The molecule has 0 amide bonds. The highest BCUT2D eigenvalue weighted by Crippen LogP contribution is 2.51. The Labute approximate surface area is 158 Å². The fourth-order valence-corrected chi connectivity index (χ4v) is 11.3. The van der Waals surface area contributed by atoms with Crippen LogP contribution in [0.4, 0.5) is 5.69 Å². The minimum atomic E-state index is -2.92. The van der Waals surface area contributed by atoms with E-state index in [1.807, 2.05) is 0 Å². The first-order chi connectivity index (χ1) is 11.7. The number of rotatable bonds is 10. The van der Waals surface area contributed by atoms with Crippen LogP contribution in [0.25, 0.3) is 0 Å². The van der Waals surface area contributed by atoms with E-state index < -0.39 is 28.4 Å². The maximum absolute atomic E-state index is 13.6. The van der Waals surface area contributed by atoms with E-state index in [9.17, 15) is 19.8 Å². The predicted molar refractivity (Wildman–Crippen MR) is 113 cm³/mol. The number of aliphatic hydroxyl groups excluding tert-OH is 1. The summed E-state index contributed by atoms with van der Waals surface area (Å²) < 4.78 is 19.5. The minimum absolute atomic E-state index is 0.111. The maximum atomic E-state index is 13.6. The van der Waals surface area contributed by atoms with Gasteiger partial charge in [-0.05, 0) is 18.2 Å². The molecule has 0 radical (unpaired) electrons. The molecule has 0 spiro atoms. The topological polar surface area (TPSA) is 89.7 Å². The molecule has 0 heterocycles. The van der Waals surface area contributed by atoms with E-state index in [1.165, 1.54) is 18.2 Å². The zero-order valence-electron chi connectivity index (χ0n) is 16.7. The monoisotopic (exact) mass is 417 g/mol. The summed E-state index contributed by atoms with van der Waals surface area (Å²) in [7, 11) is -5.69. The van der Waals surface area contributed by atoms with Crippen molar-refractivity contribution in [2.75, 3.05) is 12.3 Å². The number of nitro benzene ring substituents is 1. The molecule has 0 aliphatic carbocycles. The molecule has 148 valence electrons. The molecule has 26 heavy (non-hydrogen) atoms. The first kappa shape index (κ1) is 23.1. The summed E-state index contributed by atoms with van der Waals surface area (Å²) in [4.78, 5) is 10.4. The summed E-state index contributed by atoms with van der Waals surface area (Å²) >= 11 is 0. The second-order valence-electron chi connectivity index (χ2n) is 9.18. The van der Waals surface area contributed by atoms with Gasteiger partial charge < -0.3 is 9.63 Å². The van der Waals surface area contributed by atoms with Crippen LogP contribution in [0.15, 0.2) is 18.2 Å². The molecule has 0 aromatic heterocycles. The molecule has 0 fully saturated rings. The normalized spacial score (nSPS) is 12.9. The van der Waals surface area contributed by atoms with Gasteiger partial charge in [-0.3, -0.25) is 14.7 Å². The van der Waals surface area contributed by atoms with Crippen molar-refractivity contribution in [2.45, 2.75) is 58.0 Å². The second kappa shape index (κ2) is 8.82. The Morgan fingerprint density at radius 1 is 1.08 bits per heavy atom. The Kier molecular flexibility index (Phi) is 7.83. The van der Waals surface area contributed by atoms with Crippen molar-refractivity contribution >= 4 is 29.2 Å². The van der Waals surface area contributed by atoms with E-state index in [1.54, 1.807) is 0 Å². The van der Waals surface area contributed by atoms with Crippen molar-refractivity contribution in [1.29, 1.82) is 0 Å². The third-order valence-corrected chi connectivity index (χ3v) is 10.8. The van der Waals surface area contributed by atoms with Gasteiger partial charge in [-0.1, -0.05) is 39.3 Å². The van der Waals surface area contributed by atoms with Gasteiger partial charge in [0.15, 0.2) is 0 Å². The second-order valence-corrected chi connectivity index (χ2v) is 23.1. The van der Waals surface area contributed by atoms with Crippen molar-refractivity contribution in [3.8, 4) is 5.75 Å². The van der Waals surface area contributed by atoms with Gasteiger partial charge in [0, 0.05) is 46.2 Å². The number of aliphatic hydroxyl groups is 1. The first-order valence-corrected chi connectivity index (χ1v) is 18.3. The van der Waals surface area contributed by atoms with Crippen molar-refractivity contribution < 1.29 is 19.1 Å². The summed E-state index contributed by atoms with van der Waals surface area (Å²) in [5.41, 5.74) is 0.195. The van der Waals surface area contributed by atoms with Crippen LogP contribution in [-0.2, 0) is 11.2 Å². The van der Waals surface area contributed by atoms with Crippen LogP contribution in [-0.4, -0.2) is 38.5 Å². The van der Waals surface area contributed by atoms with Crippen LogP contribution in [0.1, 0.15) is 5.56 Å². The quantitative estimate of drug-likeness (QED) is 0.238. The molecule has 0 saturated heterocycles. The van der Waals surface area contributed by atoms with Gasteiger partial charge in [0.2, 0.25) is 7.37 Å². The lowest BCUT2D eigenvalue weighted by molar-refractivity contribution is -0.385. The first-order valence-electron chi connectivity index (χ1n) is 8.91. The standard InChI is InChI=1S/C17H32NO5PSi2/c1-25(2,3)11-9-24(22,10-12-26(4,5)6)23-17-8-7-16(18(20)21)13-15(17)14-19/h7-8,13,19H,9-12,14H2,1-6H3. The molecule has 6 nitrogen and oxygen atoms in total. The van der Waals surface area contributed by atoms with Gasteiger partial charge in [0.05, 0.1) is 11.5 Å². The zero-order chi connectivity index (χ0) is 20.2.